The number of nitrogens with zero attached hydrogens (tertiary/aromatic N) is 1. The Kier molecular flexibility index (Phi) is 9.08. The number of hydrogen-bond donors (Lipinski definition) is 3. The lowest BCUT2D eigenvalue weighted by Crippen LogP contribution is -2.38. The van der Waals surface area contributed by atoms with E-state index >= 15 is 0 Å². The van der Waals surface area contributed by atoms with Crippen LogP contribution in [0.5, 0.6) is 5.75 Å². The van der Waals surface area contributed by atoms with Crippen LogP contribution >= 0.6 is 0 Å². The molecular weight excluding hydrogens is 282 g/mol. The van der Waals surface area contributed by atoms with Gasteiger partial charge in [0.1, 0.15) is 18.5 Å². The molecule has 22 heavy (non-hydrogen) atoms. The quantitative estimate of drug-likeness (QED) is 0.573. The first-order valence-corrected chi connectivity index (χ1v) is 7.96. The topological polar surface area (TPSA) is 73.2 Å². The molecule has 1 rings (SSSR count). The molecule has 1 aromatic carbocycles. The number of hydrogen-bond acceptors (Lipinski definition) is 5. The Morgan fingerprint density at radius 3 is 2.36 bits per heavy atom. The van der Waals surface area contributed by atoms with Gasteiger partial charge in [-0.05, 0) is 24.0 Å². The van der Waals surface area contributed by atoms with Gasteiger partial charge in [-0.2, -0.15) is 0 Å². The molecule has 0 fully saturated rings. The average molecular weight is 311 g/mol. The van der Waals surface area contributed by atoms with Crippen molar-refractivity contribution in [3.8, 4) is 5.75 Å². The monoisotopic (exact) mass is 311 g/mol. The van der Waals surface area contributed by atoms with Gasteiger partial charge < -0.3 is 20.1 Å². The smallest absolute Gasteiger partial charge is 0.122 e. The highest BCUT2D eigenvalue weighted by atomic mass is 16.5. The van der Waals surface area contributed by atoms with Crippen molar-refractivity contribution in [2.75, 3.05) is 39.5 Å². The lowest BCUT2D eigenvalue weighted by Gasteiger charge is -2.24. The van der Waals surface area contributed by atoms with E-state index < -0.39 is 6.10 Å². The van der Waals surface area contributed by atoms with E-state index in [-0.39, 0.29) is 19.8 Å². The van der Waals surface area contributed by atoms with Gasteiger partial charge in [-0.1, -0.05) is 32.0 Å². The van der Waals surface area contributed by atoms with Crippen LogP contribution in [0.1, 0.15) is 31.7 Å². The zero-order valence-corrected chi connectivity index (χ0v) is 13.6. The largest absolute Gasteiger partial charge is 0.491 e. The molecule has 0 aliphatic rings. The van der Waals surface area contributed by atoms with Gasteiger partial charge in [0.25, 0.3) is 0 Å². The number of para-hydroxylation sites is 1. The highest BCUT2D eigenvalue weighted by Gasteiger charge is 2.14. The summed E-state index contributed by atoms with van der Waals surface area (Å²) in [7, 11) is 0. The first-order valence-electron chi connectivity index (χ1n) is 7.96. The predicted molar refractivity (Wildman–Crippen MR) is 87.3 cm³/mol. The Morgan fingerprint density at radius 2 is 1.77 bits per heavy atom. The summed E-state index contributed by atoms with van der Waals surface area (Å²) in [6.45, 7) is 5.73. The first-order chi connectivity index (χ1) is 10.6. The third kappa shape index (κ3) is 6.32. The van der Waals surface area contributed by atoms with Crippen LogP contribution in [0.3, 0.4) is 0 Å². The highest BCUT2D eigenvalue weighted by molar-refractivity contribution is 5.35. The maximum absolute atomic E-state index is 10.1. The summed E-state index contributed by atoms with van der Waals surface area (Å²) in [4.78, 5) is 1.81. The van der Waals surface area contributed by atoms with Gasteiger partial charge in [0, 0.05) is 19.6 Å². The van der Waals surface area contributed by atoms with Gasteiger partial charge >= 0.3 is 0 Å². The molecule has 0 radical (unpaired) electrons. The van der Waals surface area contributed by atoms with Crippen molar-refractivity contribution in [2.45, 2.75) is 32.3 Å². The molecule has 0 aliphatic carbocycles. The molecule has 0 aromatic heterocycles. The van der Waals surface area contributed by atoms with E-state index in [9.17, 15) is 5.11 Å². The van der Waals surface area contributed by atoms with Gasteiger partial charge in [-0.25, -0.2) is 0 Å². The molecule has 0 amide bonds. The van der Waals surface area contributed by atoms with Gasteiger partial charge in [0.15, 0.2) is 0 Å². The van der Waals surface area contributed by atoms with E-state index in [1.165, 1.54) is 0 Å². The number of aliphatic hydroxyl groups is 3. The van der Waals surface area contributed by atoms with E-state index in [0.29, 0.717) is 25.6 Å². The van der Waals surface area contributed by atoms with Crippen LogP contribution in [0.2, 0.25) is 0 Å². The number of aliphatic hydroxyl groups excluding tert-OH is 3. The molecule has 3 N–H and O–H groups in total. The molecule has 0 heterocycles. The van der Waals surface area contributed by atoms with Crippen LogP contribution in [0.15, 0.2) is 24.3 Å². The summed E-state index contributed by atoms with van der Waals surface area (Å²) in [6.07, 6.45) is 0.368. The van der Waals surface area contributed by atoms with Crippen LogP contribution in [-0.2, 0) is 0 Å². The average Bonchev–Trinajstić information content (AvgIpc) is 2.53. The Bertz CT molecular complexity index is 407. The molecule has 0 unspecified atom stereocenters. The predicted octanol–water partition coefficient (Wildman–Crippen LogP) is 1.23. The molecule has 5 nitrogen and oxygen atoms in total. The molecule has 126 valence electrons. The molecule has 2 atom stereocenters. The maximum atomic E-state index is 10.1. The van der Waals surface area contributed by atoms with Crippen LogP contribution in [0, 0.1) is 0 Å². The summed E-state index contributed by atoms with van der Waals surface area (Å²) in [6, 6.07) is 7.90. The van der Waals surface area contributed by atoms with E-state index in [2.05, 4.69) is 19.9 Å². The third-order valence-corrected chi connectivity index (χ3v) is 3.79. The summed E-state index contributed by atoms with van der Waals surface area (Å²) in [5.74, 6) is 1.22. The van der Waals surface area contributed by atoms with Gasteiger partial charge in [-0.3, -0.25) is 4.90 Å². The SMILES string of the molecule is CC[C@@H](C)c1ccccc1OC[C@@H](O)CN(CCO)CCO. The first kappa shape index (κ1) is 18.9. The fourth-order valence-corrected chi connectivity index (χ4v) is 2.35. The zero-order valence-electron chi connectivity index (χ0n) is 13.6. The van der Waals surface area contributed by atoms with Crippen molar-refractivity contribution in [3.05, 3.63) is 29.8 Å². The molecular formula is C17H29NO4. The van der Waals surface area contributed by atoms with Crippen LogP contribution in [0.4, 0.5) is 0 Å². The minimum atomic E-state index is -0.664. The number of ether oxygens (including phenoxy) is 1. The second kappa shape index (κ2) is 10.6. The summed E-state index contributed by atoms with van der Waals surface area (Å²) < 4.78 is 5.78. The Balaban J connectivity index is 2.54. The Morgan fingerprint density at radius 1 is 1.14 bits per heavy atom. The third-order valence-electron chi connectivity index (χ3n) is 3.79. The van der Waals surface area contributed by atoms with E-state index in [4.69, 9.17) is 14.9 Å². The van der Waals surface area contributed by atoms with Gasteiger partial charge in [0.05, 0.1) is 13.2 Å². The summed E-state index contributed by atoms with van der Waals surface area (Å²) >= 11 is 0. The minimum absolute atomic E-state index is 0.00439. The molecule has 5 heteroatoms. The van der Waals surface area contributed by atoms with Crippen molar-refractivity contribution in [1.29, 1.82) is 0 Å². The molecule has 0 bridgehead atoms. The standard InChI is InChI=1S/C17H29NO4/c1-3-14(2)16-6-4-5-7-17(16)22-13-15(21)12-18(8-10-19)9-11-20/h4-7,14-15,19-21H,3,8-13H2,1-2H3/t14-,15+/m1/s1. The van der Waals surface area contributed by atoms with Crippen molar-refractivity contribution < 1.29 is 20.1 Å². The van der Waals surface area contributed by atoms with Crippen molar-refractivity contribution in [1.82, 2.24) is 4.90 Å². The molecule has 0 saturated heterocycles. The Labute approximate surface area is 133 Å². The van der Waals surface area contributed by atoms with Crippen LogP contribution in [0.25, 0.3) is 0 Å². The molecule has 0 aliphatic heterocycles. The van der Waals surface area contributed by atoms with Crippen molar-refractivity contribution in [2.24, 2.45) is 0 Å². The number of rotatable bonds is 11. The van der Waals surface area contributed by atoms with Gasteiger partial charge in [0.2, 0.25) is 0 Å². The second-order valence-electron chi connectivity index (χ2n) is 5.56. The van der Waals surface area contributed by atoms with Crippen molar-refractivity contribution >= 4 is 0 Å². The summed E-state index contributed by atoms with van der Waals surface area (Å²) in [5.41, 5.74) is 1.15. The second-order valence-corrected chi connectivity index (χ2v) is 5.56. The van der Waals surface area contributed by atoms with E-state index in [0.717, 1.165) is 17.7 Å². The Hall–Kier alpha value is -1.14. The van der Waals surface area contributed by atoms with Crippen molar-refractivity contribution in [3.63, 3.8) is 0 Å². The number of benzene rings is 1. The summed E-state index contributed by atoms with van der Waals surface area (Å²) in [5, 5.41) is 28.0. The van der Waals surface area contributed by atoms with E-state index in [1.807, 2.05) is 23.1 Å². The minimum Gasteiger partial charge on any atom is -0.491 e. The normalized spacial score (nSPS) is 14.1. The molecule has 1 aromatic rings. The molecule has 0 spiro atoms. The van der Waals surface area contributed by atoms with Crippen LogP contribution < -0.4 is 4.74 Å². The van der Waals surface area contributed by atoms with E-state index in [1.54, 1.807) is 0 Å². The van der Waals surface area contributed by atoms with Gasteiger partial charge in [-0.15, -0.1) is 0 Å². The fraction of sp³-hybridized carbons (Fsp3) is 0.647. The molecule has 0 saturated carbocycles. The lowest BCUT2D eigenvalue weighted by atomic mass is 9.98. The lowest BCUT2D eigenvalue weighted by molar-refractivity contribution is 0.0549. The highest BCUT2D eigenvalue weighted by Crippen LogP contribution is 2.28. The fourth-order valence-electron chi connectivity index (χ4n) is 2.35. The maximum Gasteiger partial charge on any atom is 0.122 e. The zero-order chi connectivity index (χ0) is 16.4. The van der Waals surface area contributed by atoms with Crippen LogP contribution in [-0.4, -0.2) is 65.8 Å².